The van der Waals surface area contributed by atoms with E-state index in [1.54, 1.807) is 4.90 Å². The summed E-state index contributed by atoms with van der Waals surface area (Å²) in [5.41, 5.74) is 0.909. The molecule has 1 amide bonds. The summed E-state index contributed by atoms with van der Waals surface area (Å²) in [6.45, 7) is 3.65. The molecule has 0 aliphatic carbocycles. The lowest BCUT2D eigenvalue weighted by Crippen LogP contribution is -2.44. The van der Waals surface area contributed by atoms with Gasteiger partial charge in [-0.15, -0.1) is 22.9 Å². The van der Waals surface area contributed by atoms with Crippen LogP contribution in [0.1, 0.15) is 12.5 Å². The number of nitrogens with zero attached hydrogens (tertiary/aromatic N) is 1. The van der Waals surface area contributed by atoms with E-state index in [9.17, 15) is 4.79 Å². The van der Waals surface area contributed by atoms with E-state index < -0.39 is 5.79 Å². The van der Waals surface area contributed by atoms with Crippen molar-refractivity contribution in [3.63, 3.8) is 0 Å². The van der Waals surface area contributed by atoms with Crippen LogP contribution in [0.3, 0.4) is 0 Å². The molecule has 0 spiro atoms. The molecule has 0 saturated carbocycles. The Labute approximate surface area is 126 Å². The summed E-state index contributed by atoms with van der Waals surface area (Å²) >= 11 is 13.2. The van der Waals surface area contributed by atoms with Gasteiger partial charge in [-0.25, -0.2) is 0 Å². The standard InChI is InChI=1S/C12H15Cl2NO3S/c1-12(17-3-4-18-12)8-15(10(16)6-13)7-9-2-5-19-11(9)14/h2,5H,3-4,6-8H2,1H3. The van der Waals surface area contributed by atoms with Gasteiger partial charge in [-0.3, -0.25) is 4.79 Å². The molecule has 106 valence electrons. The van der Waals surface area contributed by atoms with Gasteiger partial charge in [0.1, 0.15) is 5.88 Å². The zero-order chi connectivity index (χ0) is 13.9. The molecule has 7 heteroatoms. The van der Waals surface area contributed by atoms with E-state index in [0.29, 0.717) is 30.6 Å². The van der Waals surface area contributed by atoms with Gasteiger partial charge in [-0.1, -0.05) is 11.6 Å². The topological polar surface area (TPSA) is 38.8 Å². The van der Waals surface area contributed by atoms with E-state index in [4.69, 9.17) is 32.7 Å². The van der Waals surface area contributed by atoms with Crippen molar-refractivity contribution in [1.82, 2.24) is 4.90 Å². The summed E-state index contributed by atoms with van der Waals surface area (Å²) in [5, 5.41) is 1.89. The van der Waals surface area contributed by atoms with Gasteiger partial charge in [0.05, 0.1) is 24.1 Å². The van der Waals surface area contributed by atoms with Crippen LogP contribution in [0.4, 0.5) is 0 Å². The number of rotatable bonds is 5. The van der Waals surface area contributed by atoms with Crippen molar-refractivity contribution in [3.8, 4) is 0 Å². The van der Waals surface area contributed by atoms with Crippen molar-refractivity contribution in [2.75, 3.05) is 25.6 Å². The smallest absolute Gasteiger partial charge is 0.237 e. The van der Waals surface area contributed by atoms with Gasteiger partial charge in [-0.2, -0.15) is 0 Å². The fraction of sp³-hybridized carbons (Fsp3) is 0.583. The molecule has 1 aliphatic heterocycles. The Balaban J connectivity index is 2.08. The maximum atomic E-state index is 11.9. The second kappa shape index (κ2) is 6.41. The van der Waals surface area contributed by atoms with Crippen LogP contribution in [-0.4, -0.2) is 42.2 Å². The Morgan fingerprint density at radius 1 is 1.53 bits per heavy atom. The largest absolute Gasteiger partial charge is 0.346 e. The SMILES string of the molecule is CC1(CN(Cc2ccsc2Cl)C(=O)CCl)OCCO1. The molecule has 0 atom stereocenters. The molecule has 0 N–H and O–H groups in total. The Morgan fingerprint density at radius 2 is 2.21 bits per heavy atom. The number of amides is 1. The molecule has 1 aromatic rings. The predicted molar refractivity (Wildman–Crippen MR) is 75.8 cm³/mol. The summed E-state index contributed by atoms with van der Waals surface area (Å²) in [6, 6.07) is 1.90. The second-order valence-electron chi connectivity index (χ2n) is 4.43. The number of thiophene rings is 1. The third-order valence-electron chi connectivity index (χ3n) is 2.90. The summed E-state index contributed by atoms with van der Waals surface area (Å²) in [7, 11) is 0. The average Bonchev–Trinajstić information content (AvgIpc) is 2.98. The molecule has 2 heterocycles. The van der Waals surface area contributed by atoms with Crippen LogP contribution in [0.15, 0.2) is 11.4 Å². The molecule has 4 nitrogen and oxygen atoms in total. The first-order valence-electron chi connectivity index (χ1n) is 5.87. The minimum atomic E-state index is -0.760. The second-order valence-corrected chi connectivity index (χ2v) is 6.22. The quantitative estimate of drug-likeness (QED) is 0.782. The van der Waals surface area contributed by atoms with Crippen LogP contribution in [-0.2, 0) is 20.8 Å². The molecule has 2 rings (SSSR count). The third kappa shape index (κ3) is 3.83. The van der Waals surface area contributed by atoms with Gasteiger partial charge in [0, 0.05) is 12.1 Å². The molecule has 0 bridgehead atoms. The Bertz CT molecular complexity index is 446. The fourth-order valence-electron chi connectivity index (χ4n) is 1.95. The van der Waals surface area contributed by atoms with E-state index in [1.165, 1.54) is 11.3 Å². The molecule has 19 heavy (non-hydrogen) atoms. The predicted octanol–water partition coefficient (Wildman–Crippen LogP) is 2.73. The molecule has 1 saturated heterocycles. The number of ether oxygens (including phenoxy) is 2. The molecular formula is C12H15Cl2NO3S. The van der Waals surface area contributed by atoms with Crippen LogP contribution in [0.25, 0.3) is 0 Å². The number of carbonyl (C=O) groups is 1. The van der Waals surface area contributed by atoms with E-state index in [0.717, 1.165) is 5.56 Å². The van der Waals surface area contributed by atoms with Gasteiger partial charge in [0.15, 0.2) is 5.79 Å². The first-order chi connectivity index (χ1) is 9.04. The molecular weight excluding hydrogens is 309 g/mol. The number of halogens is 2. The van der Waals surface area contributed by atoms with Gasteiger partial charge in [0.2, 0.25) is 5.91 Å². The van der Waals surface area contributed by atoms with Crippen LogP contribution in [0.2, 0.25) is 4.34 Å². The van der Waals surface area contributed by atoms with Gasteiger partial charge in [0.25, 0.3) is 0 Å². The Morgan fingerprint density at radius 3 is 2.74 bits per heavy atom. The van der Waals surface area contributed by atoms with Crippen LogP contribution < -0.4 is 0 Å². The number of carbonyl (C=O) groups excluding carboxylic acids is 1. The first-order valence-corrected chi connectivity index (χ1v) is 7.67. The van der Waals surface area contributed by atoms with E-state index in [-0.39, 0.29) is 11.8 Å². The zero-order valence-electron chi connectivity index (χ0n) is 10.5. The highest BCUT2D eigenvalue weighted by Crippen LogP contribution is 2.26. The lowest BCUT2D eigenvalue weighted by molar-refractivity contribution is -0.166. The average molecular weight is 324 g/mol. The fourth-order valence-corrected chi connectivity index (χ4v) is 3.03. The van der Waals surface area contributed by atoms with Gasteiger partial charge < -0.3 is 14.4 Å². The Kier molecular flexibility index (Phi) is 5.09. The molecule has 0 radical (unpaired) electrons. The summed E-state index contributed by atoms with van der Waals surface area (Å²) in [6.07, 6.45) is 0. The molecule has 1 aromatic heterocycles. The van der Waals surface area contributed by atoms with E-state index in [2.05, 4.69) is 0 Å². The third-order valence-corrected chi connectivity index (χ3v) is 4.38. The Hall–Kier alpha value is -0.330. The molecule has 0 unspecified atom stereocenters. The molecule has 0 aromatic carbocycles. The molecule has 1 fully saturated rings. The lowest BCUT2D eigenvalue weighted by Gasteiger charge is -2.30. The van der Waals surface area contributed by atoms with Crippen LogP contribution >= 0.6 is 34.5 Å². The normalized spacial score (nSPS) is 17.6. The number of hydrogen-bond acceptors (Lipinski definition) is 4. The maximum absolute atomic E-state index is 11.9. The highest BCUT2D eigenvalue weighted by molar-refractivity contribution is 7.14. The summed E-state index contributed by atoms with van der Waals surface area (Å²) < 4.78 is 11.7. The van der Waals surface area contributed by atoms with Crippen molar-refractivity contribution in [2.45, 2.75) is 19.3 Å². The van der Waals surface area contributed by atoms with Crippen LogP contribution in [0, 0.1) is 0 Å². The van der Waals surface area contributed by atoms with E-state index >= 15 is 0 Å². The maximum Gasteiger partial charge on any atom is 0.237 e. The summed E-state index contributed by atoms with van der Waals surface area (Å²) in [4.78, 5) is 13.5. The highest BCUT2D eigenvalue weighted by atomic mass is 35.5. The number of hydrogen-bond donors (Lipinski definition) is 0. The lowest BCUT2D eigenvalue weighted by atomic mass is 10.2. The zero-order valence-corrected chi connectivity index (χ0v) is 12.9. The highest BCUT2D eigenvalue weighted by Gasteiger charge is 2.34. The minimum absolute atomic E-state index is 0.0716. The van der Waals surface area contributed by atoms with Crippen molar-refractivity contribution in [1.29, 1.82) is 0 Å². The summed E-state index contributed by atoms with van der Waals surface area (Å²) in [5.74, 6) is -0.994. The van der Waals surface area contributed by atoms with Crippen molar-refractivity contribution < 1.29 is 14.3 Å². The van der Waals surface area contributed by atoms with E-state index in [1.807, 2.05) is 18.4 Å². The molecule has 1 aliphatic rings. The monoisotopic (exact) mass is 323 g/mol. The first kappa shape index (κ1) is 15.1. The minimum Gasteiger partial charge on any atom is -0.346 e. The number of alkyl halides is 1. The van der Waals surface area contributed by atoms with Crippen molar-refractivity contribution in [2.24, 2.45) is 0 Å². The van der Waals surface area contributed by atoms with Crippen molar-refractivity contribution >= 4 is 40.4 Å². The van der Waals surface area contributed by atoms with Gasteiger partial charge in [-0.05, 0) is 18.4 Å². The van der Waals surface area contributed by atoms with Crippen LogP contribution in [0.5, 0.6) is 0 Å². The van der Waals surface area contributed by atoms with Gasteiger partial charge >= 0.3 is 0 Å². The van der Waals surface area contributed by atoms with Crippen molar-refractivity contribution in [3.05, 3.63) is 21.3 Å².